The summed E-state index contributed by atoms with van der Waals surface area (Å²) in [5.41, 5.74) is 8.03. The standard InChI is InChI=1S/C14H20N4/c1-11(2)9-18-10-16-17-14(18)13-6-4-3-5-12(13)7-8-15/h3-6,10-11H,7-9,15H2,1-2H3. The SMILES string of the molecule is CC(C)Cn1cnnc1-c1ccccc1CCN. The molecule has 0 fully saturated rings. The Balaban J connectivity index is 2.39. The molecular weight excluding hydrogens is 224 g/mol. The first-order valence-electron chi connectivity index (χ1n) is 6.38. The summed E-state index contributed by atoms with van der Waals surface area (Å²) < 4.78 is 2.11. The van der Waals surface area contributed by atoms with Gasteiger partial charge < -0.3 is 10.3 Å². The van der Waals surface area contributed by atoms with Gasteiger partial charge in [-0.15, -0.1) is 10.2 Å². The van der Waals surface area contributed by atoms with Crippen LogP contribution in [0.2, 0.25) is 0 Å². The van der Waals surface area contributed by atoms with Crippen molar-refractivity contribution in [1.29, 1.82) is 0 Å². The lowest BCUT2D eigenvalue weighted by Crippen LogP contribution is -2.08. The minimum atomic E-state index is 0.571. The second-order valence-electron chi connectivity index (χ2n) is 4.90. The zero-order chi connectivity index (χ0) is 13.0. The number of hydrogen-bond donors (Lipinski definition) is 1. The Hall–Kier alpha value is -1.68. The first-order valence-corrected chi connectivity index (χ1v) is 6.38. The first kappa shape index (κ1) is 12.8. The van der Waals surface area contributed by atoms with E-state index in [4.69, 9.17) is 5.73 Å². The van der Waals surface area contributed by atoms with Gasteiger partial charge >= 0.3 is 0 Å². The smallest absolute Gasteiger partial charge is 0.164 e. The number of nitrogens with two attached hydrogens (primary N) is 1. The van der Waals surface area contributed by atoms with Gasteiger partial charge in [-0.1, -0.05) is 38.1 Å². The summed E-state index contributed by atoms with van der Waals surface area (Å²) in [6.45, 7) is 5.96. The van der Waals surface area contributed by atoms with Crippen molar-refractivity contribution in [3.8, 4) is 11.4 Å². The molecule has 2 N–H and O–H groups in total. The highest BCUT2D eigenvalue weighted by molar-refractivity contribution is 5.60. The summed E-state index contributed by atoms with van der Waals surface area (Å²) >= 11 is 0. The van der Waals surface area contributed by atoms with E-state index in [1.807, 2.05) is 12.1 Å². The molecule has 0 bridgehead atoms. The van der Waals surface area contributed by atoms with Crippen LogP contribution >= 0.6 is 0 Å². The molecule has 96 valence electrons. The van der Waals surface area contributed by atoms with Gasteiger partial charge in [0.2, 0.25) is 0 Å². The molecule has 1 heterocycles. The van der Waals surface area contributed by atoms with E-state index in [0.29, 0.717) is 12.5 Å². The van der Waals surface area contributed by atoms with Crippen molar-refractivity contribution in [3.05, 3.63) is 36.2 Å². The van der Waals surface area contributed by atoms with Gasteiger partial charge in [-0.3, -0.25) is 0 Å². The van der Waals surface area contributed by atoms with E-state index in [-0.39, 0.29) is 0 Å². The van der Waals surface area contributed by atoms with Gasteiger partial charge in [0.15, 0.2) is 5.82 Å². The predicted molar refractivity (Wildman–Crippen MR) is 73.1 cm³/mol. The Labute approximate surface area is 108 Å². The molecular formula is C14H20N4. The number of aromatic nitrogens is 3. The molecule has 18 heavy (non-hydrogen) atoms. The molecule has 4 heteroatoms. The van der Waals surface area contributed by atoms with Crippen LogP contribution in [-0.4, -0.2) is 21.3 Å². The van der Waals surface area contributed by atoms with Crippen LogP contribution in [0.15, 0.2) is 30.6 Å². The molecule has 4 nitrogen and oxygen atoms in total. The van der Waals surface area contributed by atoms with Gasteiger partial charge in [-0.05, 0) is 24.4 Å². The maximum absolute atomic E-state index is 5.66. The molecule has 0 unspecified atom stereocenters. The third-order valence-corrected chi connectivity index (χ3v) is 2.85. The van der Waals surface area contributed by atoms with E-state index >= 15 is 0 Å². The molecule has 1 aromatic carbocycles. The summed E-state index contributed by atoms with van der Waals surface area (Å²) in [5, 5.41) is 8.29. The van der Waals surface area contributed by atoms with Crippen LogP contribution in [0, 0.1) is 5.92 Å². The van der Waals surface area contributed by atoms with E-state index in [1.54, 1.807) is 6.33 Å². The van der Waals surface area contributed by atoms with Crippen LogP contribution in [-0.2, 0) is 13.0 Å². The highest BCUT2D eigenvalue weighted by Crippen LogP contribution is 2.22. The third kappa shape index (κ3) is 2.76. The molecule has 0 aliphatic carbocycles. The van der Waals surface area contributed by atoms with Crippen LogP contribution in [0.5, 0.6) is 0 Å². The fourth-order valence-corrected chi connectivity index (χ4v) is 2.10. The van der Waals surface area contributed by atoms with E-state index in [2.05, 4.69) is 40.7 Å². The average molecular weight is 244 g/mol. The van der Waals surface area contributed by atoms with Crippen molar-refractivity contribution in [2.45, 2.75) is 26.8 Å². The van der Waals surface area contributed by atoms with Crippen molar-refractivity contribution in [3.63, 3.8) is 0 Å². The van der Waals surface area contributed by atoms with Crippen molar-refractivity contribution < 1.29 is 0 Å². The van der Waals surface area contributed by atoms with Crippen LogP contribution in [0.3, 0.4) is 0 Å². The van der Waals surface area contributed by atoms with Gasteiger partial charge in [0, 0.05) is 12.1 Å². The van der Waals surface area contributed by atoms with Crippen LogP contribution in [0.25, 0.3) is 11.4 Å². The maximum atomic E-state index is 5.66. The van der Waals surface area contributed by atoms with Gasteiger partial charge in [-0.25, -0.2) is 0 Å². The molecule has 0 saturated heterocycles. The Kier molecular flexibility index (Phi) is 4.10. The predicted octanol–water partition coefficient (Wildman–Crippen LogP) is 2.10. The zero-order valence-electron chi connectivity index (χ0n) is 11.0. The van der Waals surface area contributed by atoms with Crippen LogP contribution in [0.1, 0.15) is 19.4 Å². The molecule has 0 spiro atoms. The highest BCUT2D eigenvalue weighted by atomic mass is 15.3. The van der Waals surface area contributed by atoms with Crippen molar-refractivity contribution in [2.24, 2.45) is 11.7 Å². The quantitative estimate of drug-likeness (QED) is 0.876. The third-order valence-electron chi connectivity index (χ3n) is 2.85. The van der Waals surface area contributed by atoms with Gasteiger partial charge in [0.25, 0.3) is 0 Å². The van der Waals surface area contributed by atoms with Crippen LogP contribution < -0.4 is 5.73 Å². The molecule has 0 aliphatic rings. The number of nitrogens with zero attached hydrogens (tertiary/aromatic N) is 3. The Morgan fingerprint density at radius 1 is 1.28 bits per heavy atom. The molecule has 2 rings (SSSR count). The molecule has 0 radical (unpaired) electrons. The fraction of sp³-hybridized carbons (Fsp3) is 0.429. The second-order valence-corrected chi connectivity index (χ2v) is 4.90. The Morgan fingerprint density at radius 3 is 2.78 bits per heavy atom. The number of rotatable bonds is 5. The minimum absolute atomic E-state index is 0.571. The molecule has 0 amide bonds. The molecule has 0 aliphatic heterocycles. The maximum Gasteiger partial charge on any atom is 0.164 e. The minimum Gasteiger partial charge on any atom is -0.330 e. The highest BCUT2D eigenvalue weighted by Gasteiger charge is 2.11. The molecule has 0 atom stereocenters. The second kappa shape index (κ2) is 5.78. The lowest BCUT2D eigenvalue weighted by Gasteiger charge is -2.11. The summed E-state index contributed by atoms with van der Waals surface area (Å²) in [6, 6.07) is 8.27. The number of benzene rings is 1. The summed E-state index contributed by atoms with van der Waals surface area (Å²) in [5.74, 6) is 1.51. The van der Waals surface area contributed by atoms with E-state index in [1.165, 1.54) is 5.56 Å². The van der Waals surface area contributed by atoms with E-state index in [9.17, 15) is 0 Å². The van der Waals surface area contributed by atoms with Crippen molar-refractivity contribution >= 4 is 0 Å². The molecule has 1 aromatic heterocycles. The van der Waals surface area contributed by atoms with Gasteiger partial charge in [0.1, 0.15) is 6.33 Å². The van der Waals surface area contributed by atoms with Gasteiger partial charge in [-0.2, -0.15) is 0 Å². The average Bonchev–Trinajstić information content (AvgIpc) is 2.77. The van der Waals surface area contributed by atoms with Crippen LogP contribution in [0.4, 0.5) is 0 Å². The first-order chi connectivity index (χ1) is 8.72. The fourth-order valence-electron chi connectivity index (χ4n) is 2.10. The topological polar surface area (TPSA) is 56.7 Å². The Bertz CT molecular complexity index is 502. The summed E-state index contributed by atoms with van der Waals surface area (Å²) in [6.07, 6.45) is 2.67. The molecule has 2 aromatic rings. The summed E-state index contributed by atoms with van der Waals surface area (Å²) in [4.78, 5) is 0. The zero-order valence-corrected chi connectivity index (χ0v) is 11.0. The largest absolute Gasteiger partial charge is 0.330 e. The van der Waals surface area contributed by atoms with Gasteiger partial charge in [0.05, 0.1) is 0 Å². The van der Waals surface area contributed by atoms with E-state index in [0.717, 1.165) is 24.4 Å². The van der Waals surface area contributed by atoms with Crippen molar-refractivity contribution in [1.82, 2.24) is 14.8 Å². The van der Waals surface area contributed by atoms with E-state index < -0.39 is 0 Å². The Morgan fingerprint density at radius 2 is 2.06 bits per heavy atom. The normalized spacial score (nSPS) is 11.1. The lowest BCUT2D eigenvalue weighted by atomic mass is 10.0. The number of hydrogen-bond acceptors (Lipinski definition) is 3. The molecule has 0 saturated carbocycles. The summed E-state index contributed by atoms with van der Waals surface area (Å²) in [7, 11) is 0. The monoisotopic (exact) mass is 244 g/mol. The van der Waals surface area contributed by atoms with Crippen molar-refractivity contribution in [2.75, 3.05) is 6.54 Å². The lowest BCUT2D eigenvalue weighted by molar-refractivity contribution is 0.525.